The van der Waals surface area contributed by atoms with E-state index in [9.17, 15) is 9.18 Å². The Labute approximate surface area is 137 Å². The van der Waals surface area contributed by atoms with Crippen LogP contribution >= 0.6 is 0 Å². The van der Waals surface area contributed by atoms with Gasteiger partial charge in [-0.1, -0.05) is 32.6 Å². The van der Waals surface area contributed by atoms with Crippen molar-refractivity contribution < 1.29 is 13.9 Å². The lowest BCUT2D eigenvalue weighted by Gasteiger charge is -2.27. The average Bonchev–Trinajstić information content (AvgIpc) is 2.56. The number of halogens is 1. The topological polar surface area (TPSA) is 50.1 Å². The summed E-state index contributed by atoms with van der Waals surface area (Å²) in [6, 6.07) is 5.66. The molecule has 0 spiro atoms. The molecule has 0 amide bonds. The van der Waals surface area contributed by atoms with E-state index in [1.54, 1.807) is 6.07 Å². The first-order valence-corrected chi connectivity index (χ1v) is 8.55. The maximum absolute atomic E-state index is 13.5. The fourth-order valence-electron chi connectivity index (χ4n) is 3.22. The van der Waals surface area contributed by atoms with Crippen molar-refractivity contribution in [2.24, 2.45) is 11.8 Å². The molecule has 3 nitrogen and oxygen atoms in total. The van der Waals surface area contributed by atoms with Crippen LogP contribution in [0, 0.1) is 29.0 Å². The first-order chi connectivity index (χ1) is 11.1. The minimum absolute atomic E-state index is 0.0441. The maximum Gasteiger partial charge on any atom is 0.314 e. The van der Waals surface area contributed by atoms with Crippen molar-refractivity contribution in [3.63, 3.8) is 0 Å². The third-order valence-corrected chi connectivity index (χ3v) is 4.68. The fourth-order valence-corrected chi connectivity index (χ4v) is 3.22. The van der Waals surface area contributed by atoms with Crippen molar-refractivity contribution >= 4 is 5.97 Å². The van der Waals surface area contributed by atoms with Crippen molar-refractivity contribution in [3.8, 4) is 11.8 Å². The van der Waals surface area contributed by atoms with Crippen molar-refractivity contribution in [1.82, 2.24) is 0 Å². The van der Waals surface area contributed by atoms with Crippen LogP contribution in [0.3, 0.4) is 0 Å². The van der Waals surface area contributed by atoms with Gasteiger partial charge in [-0.2, -0.15) is 5.26 Å². The SMILES string of the molecule is CCCCC[C@H]1CC[C@H](C(=O)Oc2ccc(C#N)c(F)c2)CC1. The normalized spacial score (nSPS) is 20.7. The number of carbonyl (C=O) groups is 1. The highest BCUT2D eigenvalue weighted by molar-refractivity contribution is 5.75. The molecule has 0 N–H and O–H groups in total. The third-order valence-electron chi connectivity index (χ3n) is 4.68. The molecule has 1 saturated carbocycles. The third kappa shape index (κ3) is 5.06. The Kier molecular flexibility index (Phi) is 6.58. The summed E-state index contributed by atoms with van der Waals surface area (Å²) in [5.74, 6) is -0.107. The summed E-state index contributed by atoms with van der Waals surface area (Å²) in [5.41, 5.74) is -0.0441. The smallest absolute Gasteiger partial charge is 0.314 e. The van der Waals surface area contributed by atoms with Crippen LogP contribution in [-0.4, -0.2) is 5.97 Å². The van der Waals surface area contributed by atoms with Crippen molar-refractivity contribution in [3.05, 3.63) is 29.6 Å². The Balaban J connectivity index is 1.81. The summed E-state index contributed by atoms with van der Waals surface area (Å²) in [6.45, 7) is 2.21. The van der Waals surface area contributed by atoms with Crippen LogP contribution in [0.5, 0.6) is 5.75 Å². The molecule has 0 aromatic heterocycles. The Morgan fingerprint density at radius 1 is 1.30 bits per heavy atom. The molecule has 2 rings (SSSR count). The molecule has 1 fully saturated rings. The fraction of sp³-hybridized carbons (Fsp3) is 0.579. The number of ether oxygens (including phenoxy) is 1. The first-order valence-electron chi connectivity index (χ1n) is 8.55. The maximum atomic E-state index is 13.5. The lowest BCUT2D eigenvalue weighted by atomic mass is 9.80. The van der Waals surface area contributed by atoms with Crippen molar-refractivity contribution in [1.29, 1.82) is 5.26 Å². The molecular formula is C19H24FNO2. The van der Waals surface area contributed by atoms with Gasteiger partial charge in [-0.05, 0) is 43.7 Å². The minimum atomic E-state index is -0.655. The number of benzene rings is 1. The monoisotopic (exact) mass is 317 g/mol. The van der Waals surface area contributed by atoms with E-state index < -0.39 is 5.82 Å². The van der Waals surface area contributed by atoms with Gasteiger partial charge in [0.2, 0.25) is 0 Å². The zero-order chi connectivity index (χ0) is 16.7. The van der Waals surface area contributed by atoms with Gasteiger partial charge in [0.25, 0.3) is 0 Å². The van der Waals surface area contributed by atoms with Gasteiger partial charge in [0.1, 0.15) is 17.6 Å². The van der Waals surface area contributed by atoms with Crippen LogP contribution in [0.25, 0.3) is 0 Å². The van der Waals surface area contributed by atoms with Crippen LogP contribution in [0.15, 0.2) is 18.2 Å². The standard InChI is InChI=1S/C19H24FNO2/c1-2-3-4-5-14-6-8-15(9-7-14)19(22)23-17-11-10-16(13-21)18(20)12-17/h10-12,14-15H,2-9H2,1H3/t14-,15-. The van der Waals surface area contributed by atoms with Crippen LogP contribution in [-0.2, 0) is 4.79 Å². The van der Waals surface area contributed by atoms with Gasteiger partial charge in [0.05, 0.1) is 11.5 Å². The van der Waals surface area contributed by atoms with Crippen LogP contribution in [0.4, 0.5) is 4.39 Å². The van der Waals surface area contributed by atoms with Crippen LogP contribution in [0.2, 0.25) is 0 Å². The van der Waals surface area contributed by atoms with Gasteiger partial charge in [-0.15, -0.1) is 0 Å². The molecule has 0 heterocycles. The second kappa shape index (κ2) is 8.67. The molecule has 1 aromatic rings. The molecule has 0 saturated heterocycles. The largest absolute Gasteiger partial charge is 0.426 e. The second-order valence-corrected chi connectivity index (χ2v) is 6.39. The highest BCUT2D eigenvalue weighted by Gasteiger charge is 2.27. The summed E-state index contributed by atoms with van der Waals surface area (Å²) in [6.07, 6.45) is 8.92. The van der Waals surface area contributed by atoms with E-state index in [-0.39, 0.29) is 23.2 Å². The summed E-state index contributed by atoms with van der Waals surface area (Å²) in [7, 11) is 0. The molecule has 4 heteroatoms. The van der Waals surface area contributed by atoms with E-state index in [0.717, 1.165) is 37.7 Å². The molecule has 0 aliphatic heterocycles. The predicted molar refractivity (Wildman–Crippen MR) is 86.3 cm³/mol. The lowest BCUT2D eigenvalue weighted by molar-refractivity contribution is -0.140. The van der Waals surface area contributed by atoms with Gasteiger partial charge >= 0.3 is 5.97 Å². The van der Waals surface area contributed by atoms with Gasteiger partial charge in [-0.25, -0.2) is 4.39 Å². The molecule has 1 aliphatic rings. The number of hydrogen-bond acceptors (Lipinski definition) is 3. The molecule has 0 unspecified atom stereocenters. The molecule has 1 aliphatic carbocycles. The van der Waals surface area contributed by atoms with E-state index in [0.29, 0.717) is 0 Å². The summed E-state index contributed by atoms with van der Waals surface area (Å²) in [5, 5.41) is 8.70. The van der Waals surface area contributed by atoms with Crippen molar-refractivity contribution in [2.45, 2.75) is 58.3 Å². The number of esters is 1. The molecule has 0 radical (unpaired) electrons. The van der Waals surface area contributed by atoms with Crippen LogP contribution < -0.4 is 4.74 Å². The van der Waals surface area contributed by atoms with Gasteiger partial charge < -0.3 is 4.74 Å². The zero-order valence-electron chi connectivity index (χ0n) is 13.7. The molecule has 0 bridgehead atoms. The molecule has 0 atom stereocenters. The number of unbranched alkanes of at least 4 members (excludes halogenated alkanes) is 2. The molecule has 1 aromatic carbocycles. The zero-order valence-corrected chi connectivity index (χ0v) is 13.7. The van der Waals surface area contributed by atoms with E-state index in [4.69, 9.17) is 10.00 Å². The van der Waals surface area contributed by atoms with Crippen molar-refractivity contribution in [2.75, 3.05) is 0 Å². The molecule has 124 valence electrons. The van der Waals surface area contributed by atoms with E-state index in [2.05, 4.69) is 6.92 Å². The van der Waals surface area contributed by atoms with Gasteiger partial charge in [-0.3, -0.25) is 4.79 Å². The number of carbonyl (C=O) groups excluding carboxylic acids is 1. The van der Waals surface area contributed by atoms with Gasteiger partial charge in [0.15, 0.2) is 0 Å². The van der Waals surface area contributed by atoms with E-state index in [1.807, 2.05) is 0 Å². The Morgan fingerprint density at radius 3 is 2.65 bits per heavy atom. The van der Waals surface area contributed by atoms with Crippen LogP contribution in [0.1, 0.15) is 63.9 Å². The Morgan fingerprint density at radius 2 is 2.04 bits per heavy atom. The summed E-state index contributed by atoms with van der Waals surface area (Å²) < 4.78 is 18.8. The first kappa shape index (κ1) is 17.5. The van der Waals surface area contributed by atoms with Gasteiger partial charge in [0, 0.05) is 6.07 Å². The summed E-state index contributed by atoms with van der Waals surface area (Å²) in [4.78, 5) is 12.2. The quantitative estimate of drug-likeness (QED) is 0.422. The second-order valence-electron chi connectivity index (χ2n) is 6.39. The summed E-state index contributed by atoms with van der Waals surface area (Å²) >= 11 is 0. The minimum Gasteiger partial charge on any atom is -0.426 e. The number of hydrogen-bond donors (Lipinski definition) is 0. The number of rotatable bonds is 6. The Bertz CT molecular complexity index is 571. The number of nitriles is 1. The molecular weight excluding hydrogens is 293 g/mol. The average molecular weight is 317 g/mol. The number of nitrogens with zero attached hydrogens (tertiary/aromatic N) is 1. The Hall–Kier alpha value is -1.89. The highest BCUT2D eigenvalue weighted by Crippen LogP contribution is 2.33. The van der Waals surface area contributed by atoms with E-state index in [1.165, 1.54) is 37.8 Å². The predicted octanol–water partition coefficient (Wildman–Crippen LogP) is 4.99. The van der Waals surface area contributed by atoms with E-state index >= 15 is 0 Å². The molecule has 23 heavy (non-hydrogen) atoms. The lowest BCUT2D eigenvalue weighted by Crippen LogP contribution is -2.25. The highest BCUT2D eigenvalue weighted by atomic mass is 19.1.